The van der Waals surface area contributed by atoms with E-state index in [1.165, 1.54) is 54.4 Å². The molecule has 0 bridgehead atoms. The van der Waals surface area contributed by atoms with Crippen LogP contribution in [0.15, 0.2) is 48.7 Å². The van der Waals surface area contributed by atoms with Crippen molar-refractivity contribution in [1.29, 1.82) is 0 Å². The smallest absolute Gasteiger partial charge is 0.318 e. The zero-order valence-electron chi connectivity index (χ0n) is 18.1. The third kappa shape index (κ3) is 4.04. The summed E-state index contributed by atoms with van der Waals surface area (Å²) < 4.78 is 2.42. The van der Waals surface area contributed by atoms with Crippen LogP contribution in [0.4, 0.5) is 10.5 Å². The molecule has 1 aromatic heterocycles. The molecule has 0 spiro atoms. The van der Waals surface area contributed by atoms with E-state index in [9.17, 15) is 4.79 Å². The second-order valence-electron chi connectivity index (χ2n) is 8.96. The molecule has 6 heteroatoms. The number of nitrogens with zero attached hydrogens (tertiary/aromatic N) is 2. The van der Waals surface area contributed by atoms with E-state index in [-0.39, 0.29) is 6.03 Å². The van der Waals surface area contributed by atoms with Crippen molar-refractivity contribution in [1.82, 2.24) is 14.8 Å². The summed E-state index contributed by atoms with van der Waals surface area (Å²) in [4.78, 5) is 13.5. The lowest BCUT2D eigenvalue weighted by atomic mass is 9.88. The molecule has 1 aliphatic heterocycles. The highest BCUT2D eigenvalue weighted by Gasteiger charge is 2.50. The summed E-state index contributed by atoms with van der Waals surface area (Å²) in [6.07, 6.45) is 6.00. The first-order valence-electron chi connectivity index (χ1n) is 11.1. The number of urea groups is 1. The van der Waals surface area contributed by atoms with E-state index in [2.05, 4.69) is 57.6 Å². The number of nitrogens with one attached hydrogen (secondary N) is 2. The van der Waals surface area contributed by atoms with Crippen molar-refractivity contribution < 1.29 is 4.79 Å². The fraction of sp³-hybridized carbons (Fsp3) is 0.400. The number of rotatable bonds is 2. The topological polar surface area (TPSA) is 49.3 Å². The second kappa shape index (κ2) is 8.21. The molecule has 3 aromatic rings. The van der Waals surface area contributed by atoms with Gasteiger partial charge in [0.1, 0.15) is 0 Å². The average molecular weight is 437 g/mol. The molecule has 6 rings (SSSR count). The van der Waals surface area contributed by atoms with Crippen molar-refractivity contribution in [2.45, 2.75) is 37.1 Å². The van der Waals surface area contributed by atoms with Gasteiger partial charge in [-0.3, -0.25) is 0 Å². The van der Waals surface area contributed by atoms with Crippen molar-refractivity contribution in [2.75, 3.05) is 32.5 Å². The van der Waals surface area contributed by atoms with Gasteiger partial charge in [-0.25, -0.2) is 4.79 Å². The number of hydrogen-bond acceptors (Lipinski definition) is 2. The summed E-state index contributed by atoms with van der Waals surface area (Å²) in [6.45, 7) is 2.38. The van der Waals surface area contributed by atoms with Crippen LogP contribution in [0.2, 0.25) is 5.02 Å². The number of hydrogen-bond donors (Lipinski definition) is 2. The number of carbonyl (C=O) groups excluding carboxylic acids is 1. The Balaban J connectivity index is 0.000000134. The van der Waals surface area contributed by atoms with E-state index in [1.807, 2.05) is 18.2 Å². The summed E-state index contributed by atoms with van der Waals surface area (Å²) in [6, 6.07) is 15.0. The number of anilines is 1. The second-order valence-corrected chi connectivity index (χ2v) is 9.39. The first-order chi connectivity index (χ1) is 15.0. The zero-order chi connectivity index (χ0) is 21.5. The van der Waals surface area contributed by atoms with E-state index in [0.717, 1.165) is 22.5 Å². The number of carbonyl (C=O) groups is 1. The summed E-state index contributed by atoms with van der Waals surface area (Å²) >= 11 is 6.02. The minimum Gasteiger partial charge on any atom is -0.344 e. The quantitative estimate of drug-likeness (QED) is 0.550. The Hall–Kier alpha value is -2.50. The molecule has 2 unspecified atom stereocenters. The van der Waals surface area contributed by atoms with Crippen molar-refractivity contribution in [3.63, 3.8) is 0 Å². The Kier molecular flexibility index (Phi) is 5.40. The Bertz CT molecular complexity index is 1120. The summed E-state index contributed by atoms with van der Waals surface area (Å²) in [5.74, 6) is 1.65. The third-order valence-electron chi connectivity index (χ3n) is 6.93. The van der Waals surface area contributed by atoms with Crippen LogP contribution in [0, 0.1) is 0 Å². The van der Waals surface area contributed by atoms with Crippen LogP contribution >= 0.6 is 11.6 Å². The molecule has 5 nitrogen and oxygen atoms in total. The van der Waals surface area contributed by atoms with Crippen molar-refractivity contribution in [3.05, 3.63) is 64.8 Å². The molecule has 162 valence electrons. The van der Waals surface area contributed by atoms with E-state index in [4.69, 9.17) is 11.6 Å². The van der Waals surface area contributed by atoms with Gasteiger partial charge in [-0.15, -0.1) is 0 Å². The summed E-state index contributed by atoms with van der Waals surface area (Å²) in [7, 11) is 3.82. The van der Waals surface area contributed by atoms with Gasteiger partial charge in [-0.05, 0) is 98.8 Å². The van der Waals surface area contributed by atoms with Crippen molar-refractivity contribution in [2.24, 2.45) is 0 Å². The van der Waals surface area contributed by atoms with Crippen LogP contribution in [0.25, 0.3) is 10.9 Å². The molecule has 31 heavy (non-hydrogen) atoms. The normalized spacial score (nSPS) is 21.9. The van der Waals surface area contributed by atoms with Crippen LogP contribution in [0.5, 0.6) is 0 Å². The van der Waals surface area contributed by atoms with Gasteiger partial charge in [0.15, 0.2) is 0 Å². The maximum atomic E-state index is 11.1. The lowest BCUT2D eigenvalue weighted by Gasteiger charge is -2.30. The molecule has 1 saturated heterocycles. The molecule has 2 aromatic carbocycles. The van der Waals surface area contributed by atoms with E-state index < -0.39 is 0 Å². The van der Waals surface area contributed by atoms with Crippen molar-refractivity contribution in [3.8, 4) is 0 Å². The zero-order valence-corrected chi connectivity index (χ0v) is 18.8. The Morgan fingerprint density at radius 3 is 2.58 bits per heavy atom. The SMILES string of the molecule is CN1CCC(n2ccc3cc(Cl)ccc32)CC1.CNC(=O)Nc1ccc2c(c1)C1CC21. The van der Waals surface area contributed by atoms with Gasteiger partial charge in [-0.1, -0.05) is 17.7 Å². The number of fused-ring (bicyclic) bond motifs is 5. The van der Waals surface area contributed by atoms with Gasteiger partial charge in [0.2, 0.25) is 0 Å². The third-order valence-corrected chi connectivity index (χ3v) is 7.16. The number of amides is 2. The average Bonchev–Trinajstić information content (AvgIpc) is 3.35. The number of halogens is 1. The Morgan fingerprint density at radius 1 is 1.03 bits per heavy atom. The van der Waals surface area contributed by atoms with Crippen LogP contribution in [0.3, 0.4) is 0 Å². The fourth-order valence-corrected chi connectivity index (χ4v) is 5.20. The molecule has 2 N–H and O–H groups in total. The van der Waals surface area contributed by atoms with Crippen LogP contribution in [-0.2, 0) is 0 Å². The number of aromatic nitrogens is 1. The first-order valence-corrected chi connectivity index (χ1v) is 11.5. The number of likely N-dealkylation sites (tertiary alicyclic amines) is 1. The predicted octanol–water partition coefficient (Wildman–Crippen LogP) is 5.58. The molecule has 2 fully saturated rings. The van der Waals surface area contributed by atoms with Gasteiger partial charge in [-0.2, -0.15) is 0 Å². The number of benzene rings is 2. The molecule has 2 atom stereocenters. The Labute approximate surface area is 188 Å². The van der Waals surface area contributed by atoms with Gasteiger partial charge in [0.05, 0.1) is 0 Å². The molecule has 2 aliphatic carbocycles. The minimum absolute atomic E-state index is 0.156. The largest absolute Gasteiger partial charge is 0.344 e. The van der Waals surface area contributed by atoms with Crippen LogP contribution in [-0.4, -0.2) is 42.7 Å². The predicted molar refractivity (Wildman–Crippen MR) is 127 cm³/mol. The highest BCUT2D eigenvalue weighted by atomic mass is 35.5. The van der Waals surface area contributed by atoms with E-state index in [1.54, 1.807) is 7.05 Å². The van der Waals surface area contributed by atoms with Gasteiger partial charge in [0, 0.05) is 40.9 Å². The Morgan fingerprint density at radius 2 is 1.81 bits per heavy atom. The number of piperidine rings is 1. The molecule has 2 heterocycles. The van der Waals surface area contributed by atoms with E-state index in [0.29, 0.717) is 6.04 Å². The molecule has 1 saturated carbocycles. The molecular formula is C25H29ClN4O. The highest BCUT2D eigenvalue weighted by molar-refractivity contribution is 6.31. The van der Waals surface area contributed by atoms with Gasteiger partial charge in [0.25, 0.3) is 0 Å². The summed E-state index contributed by atoms with van der Waals surface area (Å²) in [5, 5.41) is 7.38. The maximum absolute atomic E-state index is 11.1. The molecule has 2 amide bonds. The first kappa shape index (κ1) is 20.4. The van der Waals surface area contributed by atoms with Gasteiger partial charge >= 0.3 is 6.03 Å². The van der Waals surface area contributed by atoms with Crippen molar-refractivity contribution >= 4 is 34.2 Å². The molecular weight excluding hydrogens is 408 g/mol. The lowest BCUT2D eigenvalue weighted by molar-refractivity contribution is 0.224. The van der Waals surface area contributed by atoms with E-state index >= 15 is 0 Å². The fourth-order valence-electron chi connectivity index (χ4n) is 5.02. The highest BCUT2D eigenvalue weighted by Crippen LogP contribution is 2.66. The summed E-state index contributed by atoms with van der Waals surface area (Å²) in [5.41, 5.74) is 5.12. The monoisotopic (exact) mass is 436 g/mol. The van der Waals surface area contributed by atoms with Crippen LogP contribution in [0.1, 0.15) is 48.3 Å². The molecule has 3 aliphatic rings. The standard InChI is InChI=1S/C14H17ClN2.C11H12N2O/c1-16-7-5-13(6-8-16)17-9-4-11-10-12(15)2-3-14(11)17;1-12-11(14)13-6-2-3-7-8(4-6)10-5-9(7)10/h2-4,9-10,13H,5-8H2,1H3;2-4,9-10H,5H2,1H3,(H2,12,13,14). The van der Waals surface area contributed by atoms with Crippen LogP contribution < -0.4 is 10.6 Å². The maximum Gasteiger partial charge on any atom is 0.318 e. The molecule has 0 radical (unpaired) electrons. The minimum atomic E-state index is -0.156. The van der Waals surface area contributed by atoms with Gasteiger partial charge < -0.3 is 20.1 Å². The lowest BCUT2D eigenvalue weighted by Crippen LogP contribution is -2.31.